The van der Waals surface area contributed by atoms with Gasteiger partial charge >= 0.3 is 0 Å². The van der Waals surface area contributed by atoms with Crippen LogP contribution in [0.3, 0.4) is 0 Å². The zero-order valence-electron chi connectivity index (χ0n) is 6.87. The lowest BCUT2D eigenvalue weighted by Gasteiger charge is -2.43. The molecule has 2 fully saturated rings. The van der Waals surface area contributed by atoms with Gasteiger partial charge in [0.1, 0.15) is 0 Å². The minimum Gasteiger partial charge on any atom is -0.392 e. The lowest BCUT2D eigenvalue weighted by molar-refractivity contribution is -0.110. The highest BCUT2D eigenvalue weighted by Crippen LogP contribution is 2.16. The number of hydrazine groups is 1. The predicted molar refractivity (Wildman–Crippen MR) is 43.0 cm³/mol. The predicted octanol–water partition coefficient (Wildman–Crippen LogP) is 0.0638. The van der Waals surface area contributed by atoms with Crippen LogP contribution in [0.5, 0.6) is 0 Å². The van der Waals surface area contributed by atoms with Gasteiger partial charge < -0.3 is 5.11 Å². The molecular weight excluding hydrogens is 140 g/mol. The van der Waals surface area contributed by atoms with Crippen molar-refractivity contribution in [1.29, 1.82) is 0 Å². The molecule has 1 N–H and O–H groups in total. The monoisotopic (exact) mass is 156 g/mol. The van der Waals surface area contributed by atoms with Gasteiger partial charge in [0.2, 0.25) is 0 Å². The maximum atomic E-state index is 9.38. The van der Waals surface area contributed by atoms with Crippen molar-refractivity contribution >= 4 is 0 Å². The molecule has 64 valence electrons. The fourth-order valence-electron chi connectivity index (χ4n) is 1.96. The first kappa shape index (κ1) is 7.53. The number of hydrogen-bond donors (Lipinski definition) is 1. The highest BCUT2D eigenvalue weighted by atomic mass is 16.3. The lowest BCUT2D eigenvalue weighted by atomic mass is 10.1. The average Bonchev–Trinajstić information content (AvgIpc) is 2.04. The molecule has 0 spiro atoms. The van der Waals surface area contributed by atoms with Crippen LogP contribution in [0.1, 0.15) is 19.3 Å². The molecule has 0 radical (unpaired) electrons. The van der Waals surface area contributed by atoms with Gasteiger partial charge in [-0.2, -0.15) is 0 Å². The third-order valence-corrected chi connectivity index (χ3v) is 2.62. The molecule has 0 amide bonds. The van der Waals surface area contributed by atoms with Gasteiger partial charge in [-0.15, -0.1) is 0 Å². The van der Waals surface area contributed by atoms with Crippen LogP contribution in [0.4, 0.5) is 0 Å². The number of rotatable bonds is 0. The second-order valence-electron chi connectivity index (χ2n) is 3.52. The van der Waals surface area contributed by atoms with E-state index in [9.17, 15) is 5.11 Å². The van der Waals surface area contributed by atoms with Gasteiger partial charge in [-0.1, -0.05) is 0 Å². The first-order chi connectivity index (χ1) is 5.36. The van der Waals surface area contributed by atoms with Crippen LogP contribution in [0.15, 0.2) is 0 Å². The van der Waals surface area contributed by atoms with Crippen molar-refractivity contribution in [1.82, 2.24) is 10.0 Å². The Morgan fingerprint density at radius 3 is 2.55 bits per heavy atom. The molecule has 1 unspecified atom stereocenters. The molecule has 1 atom stereocenters. The fraction of sp³-hybridized carbons (Fsp3) is 1.00. The Labute approximate surface area is 67.6 Å². The average molecular weight is 156 g/mol. The fourth-order valence-corrected chi connectivity index (χ4v) is 1.96. The van der Waals surface area contributed by atoms with Crippen molar-refractivity contribution in [3.05, 3.63) is 0 Å². The van der Waals surface area contributed by atoms with Crippen LogP contribution in [-0.2, 0) is 0 Å². The normalized spacial score (nSPS) is 35.2. The molecule has 11 heavy (non-hydrogen) atoms. The van der Waals surface area contributed by atoms with Crippen molar-refractivity contribution in [3.8, 4) is 0 Å². The van der Waals surface area contributed by atoms with E-state index < -0.39 is 0 Å². The summed E-state index contributed by atoms with van der Waals surface area (Å²) in [4.78, 5) is 0. The van der Waals surface area contributed by atoms with E-state index in [1.165, 1.54) is 19.4 Å². The molecule has 3 heteroatoms. The Hall–Kier alpha value is -0.120. The third kappa shape index (κ3) is 1.55. The minimum atomic E-state index is -0.0793. The summed E-state index contributed by atoms with van der Waals surface area (Å²) < 4.78 is 0. The molecule has 2 aliphatic rings. The Balaban J connectivity index is 1.93. The molecule has 2 heterocycles. The third-order valence-electron chi connectivity index (χ3n) is 2.62. The summed E-state index contributed by atoms with van der Waals surface area (Å²) in [7, 11) is 0. The van der Waals surface area contributed by atoms with E-state index in [1.54, 1.807) is 0 Å². The topological polar surface area (TPSA) is 26.7 Å². The van der Waals surface area contributed by atoms with E-state index in [4.69, 9.17) is 0 Å². The molecule has 0 aromatic rings. The highest BCUT2D eigenvalue weighted by Gasteiger charge is 2.26. The Morgan fingerprint density at radius 1 is 1.00 bits per heavy atom. The van der Waals surface area contributed by atoms with Gasteiger partial charge in [-0.3, -0.25) is 0 Å². The first-order valence-corrected chi connectivity index (χ1v) is 4.54. The van der Waals surface area contributed by atoms with Crippen LogP contribution in [0, 0.1) is 0 Å². The number of fused-ring (bicyclic) bond motifs is 1. The van der Waals surface area contributed by atoms with Gasteiger partial charge in [0, 0.05) is 26.2 Å². The molecular formula is C8H16N2O. The Morgan fingerprint density at radius 2 is 1.73 bits per heavy atom. The summed E-state index contributed by atoms with van der Waals surface area (Å²) >= 11 is 0. The van der Waals surface area contributed by atoms with Crippen molar-refractivity contribution in [2.45, 2.75) is 25.4 Å². The van der Waals surface area contributed by atoms with Gasteiger partial charge in [-0.05, 0) is 19.3 Å². The second-order valence-corrected chi connectivity index (χ2v) is 3.52. The Kier molecular flexibility index (Phi) is 2.11. The zero-order chi connectivity index (χ0) is 7.68. The van der Waals surface area contributed by atoms with Crippen molar-refractivity contribution in [3.63, 3.8) is 0 Å². The van der Waals surface area contributed by atoms with Gasteiger partial charge in [0.15, 0.2) is 0 Å². The maximum absolute atomic E-state index is 9.38. The van der Waals surface area contributed by atoms with Crippen molar-refractivity contribution < 1.29 is 5.11 Å². The van der Waals surface area contributed by atoms with E-state index >= 15 is 0 Å². The highest BCUT2D eigenvalue weighted by molar-refractivity contribution is 4.75. The molecule has 2 saturated heterocycles. The summed E-state index contributed by atoms with van der Waals surface area (Å²) in [6.07, 6.45) is 3.50. The van der Waals surface area contributed by atoms with E-state index in [2.05, 4.69) is 10.0 Å². The quantitative estimate of drug-likeness (QED) is 0.537. The zero-order valence-corrected chi connectivity index (χ0v) is 6.87. The molecule has 0 aromatic heterocycles. The van der Waals surface area contributed by atoms with E-state index in [-0.39, 0.29) is 6.10 Å². The molecule has 0 aromatic carbocycles. The SMILES string of the molecule is OC1CCN2CCCCN2C1. The first-order valence-electron chi connectivity index (χ1n) is 4.54. The van der Waals surface area contributed by atoms with Crippen LogP contribution in [0.2, 0.25) is 0 Å². The molecule has 3 nitrogen and oxygen atoms in total. The molecule has 0 bridgehead atoms. The number of nitrogens with zero attached hydrogens (tertiary/aromatic N) is 2. The molecule has 2 aliphatic heterocycles. The van der Waals surface area contributed by atoms with Crippen LogP contribution >= 0.6 is 0 Å². The lowest BCUT2D eigenvalue weighted by Crippen LogP contribution is -2.54. The maximum Gasteiger partial charge on any atom is 0.0694 e. The number of aliphatic hydroxyl groups excluding tert-OH is 1. The van der Waals surface area contributed by atoms with Crippen molar-refractivity contribution in [2.75, 3.05) is 26.2 Å². The van der Waals surface area contributed by atoms with Gasteiger partial charge in [-0.25, -0.2) is 10.0 Å². The van der Waals surface area contributed by atoms with Crippen molar-refractivity contribution in [2.24, 2.45) is 0 Å². The second kappa shape index (κ2) is 3.09. The van der Waals surface area contributed by atoms with Crippen LogP contribution in [-0.4, -0.2) is 47.4 Å². The van der Waals surface area contributed by atoms with E-state index in [1.807, 2.05) is 0 Å². The summed E-state index contributed by atoms with van der Waals surface area (Å²) in [5.41, 5.74) is 0. The number of aliphatic hydroxyl groups is 1. The van der Waals surface area contributed by atoms with E-state index in [0.717, 1.165) is 26.1 Å². The molecule has 0 aliphatic carbocycles. The largest absolute Gasteiger partial charge is 0.392 e. The minimum absolute atomic E-state index is 0.0793. The Bertz CT molecular complexity index is 140. The summed E-state index contributed by atoms with van der Waals surface area (Å²) in [6.45, 7) is 4.27. The molecule has 0 saturated carbocycles. The summed E-state index contributed by atoms with van der Waals surface area (Å²) in [6, 6.07) is 0. The van der Waals surface area contributed by atoms with Crippen LogP contribution < -0.4 is 0 Å². The standard InChI is InChI=1S/C8H16N2O/c11-8-3-6-9-4-1-2-5-10(9)7-8/h8,11H,1-7H2. The van der Waals surface area contributed by atoms with Gasteiger partial charge in [0.05, 0.1) is 6.10 Å². The molecule has 2 rings (SSSR count). The van der Waals surface area contributed by atoms with Crippen LogP contribution in [0.25, 0.3) is 0 Å². The smallest absolute Gasteiger partial charge is 0.0694 e. The summed E-state index contributed by atoms with van der Waals surface area (Å²) in [5, 5.41) is 14.1. The summed E-state index contributed by atoms with van der Waals surface area (Å²) in [5.74, 6) is 0. The number of hydrogen-bond acceptors (Lipinski definition) is 3. The van der Waals surface area contributed by atoms with Gasteiger partial charge in [0.25, 0.3) is 0 Å². The van der Waals surface area contributed by atoms with E-state index in [0.29, 0.717) is 0 Å².